The fraction of sp³-hybridized carbons (Fsp3) is 0.286. The maximum atomic E-state index is 11.0. The van der Waals surface area contributed by atoms with E-state index in [0.29, 0.717) is 5.56 Å². The van der Waals surface area contributed by atoms with E-state index in [1.54, 1.807) is 0 Å². The van der Waals surface area contributed by atoms with Crippen LogP contribution in [0.5, 0.6) is 0 Å². The third kappa shape index (κ3) is 1.78. The second-order valence-electron chi connectivity index (χ2n) is 4.40. The number of hydrogen-bond acceptors (Lipinski definition) is 2. The first-order valence-corrected chi connectivity index (χ1v) is 5.99. The van der Waals surface area contributed by atoms with Gasteiger partial charge in [0.05, 0.1) is 5.69 Å². The van der Waals surface area contributed by atoms with Crippen molar-refractivity contribution in [2.24, 2.45) is 0 Å². The lowest BCUT2D eigenvalue weighted by Crippen LogP contribution is -2.08. The van der Waals surface area contributed by atoms with Gasteiger partial charge in [-0.25, -0.2) is 4.98 Å². The number of imidazole rings is 1. The molecule has 0 saturated heterocycles. The van der Waals surface area contributed by atoms with E-state index < -0.39 is 0 Å². The van der Waals surface area contributed by atoms with Gasteiger partial charge in [0, 0.05) is 30.3 Å². The maximum absolute atomic E-state index is 11.0. The topological polar surface area (TPSA) is 34.9 Å². The van der Waals surface area contributed by atoms with Gasteiger partial charge in [-0.1, -0.05) is 24.3 Å². The lowest BCUT2D eigenvalue weighted by atomic mass is 10.1. The first kappa shape index (κ1) is 10.3. The molecule has 1 aliphatic heterocycles. The van der Waals surface area contributed by atoms with Gasteiger partial charge in [-0.2, -0.15) is 0 Å². The zero-order chi connectivity index (χ0) is 11.7. The van der Waals surface area contributed by atoms with Crippen molar-refractivity contribution in [3.8, 4) is 11.3 Å². The Morgan fingerprint density at radius 3 is 2.94 bits per heavy atom. The molecule has 0 fully saturated rings. The van der Waals surface area contributed by atoms with Crippen molar-refractivity contribution in [2.75, 3.05) is 0 Å². The molecular formula is C14H14N2O. The van der Waals surface area contributed by atoms with Crippen molar-refractivity contribution in [1.29, 1.82) is 0 Å². The molecule has 3 nitrogen and oxygen atoms in total. The Balaban J connectivity index is 2.09. The number of benzene rings is 1. The van der Waals surface area contributed by atoms with Gasteiger partial charge in [0.1, 0.15) is 5.82 Å². The number of carbonyl (C=O) groups is 1. The number of aromatic nitrogens is 2. The molecule has 0 aliphatic carbocycles. The zero-order valence-electron chi connectivity index (χ0n) is 9.60. The highest BCUT2D eigenvalue weighted by Gasteiger charge is 2.14. The lowest BCUT2D eigenvalue weighted by Gasteiger charge is -2.11. The highest BCUT2D eigenvalue weighted by molar-refractivity contribution is 5.86. The minimum absolute atomic E-state index is 0.711. The summed E-state index contributed by atoms with van der Waals surface area (Å²) in [5.41, 5.74) is 2.57. The largest absolute Gasteiger partial charge is 0.334 e. The number of fused-ring (bicyclic) bond motifs is 1. The predicted molar refractivity (Wildman–Crippen MR) is 66.0 cm³/mol. The Bertz CT molecular complexity index is 534. The van der Waals surface area contributed by atoms with E-state index in [9.17, 15) is 4.79 Å². The van der Waals surface area contributed by atoms with Crippen LogP contribution in [0.4, 0.5) is 0 Å². The molecule has 0 unspecified atom stereocenters. The van der Waals surface area contributed by atoms with Crippen molar-refractivity contribution < 1.29 is 4.79 Å². The van der Waals surface area contributed by atoms with Gasteiger partial charge in [-0.05, 0) is 12.8 Å². The van der Waals surface area contributed by atoms with Gasteiger partial charge in [0.15, 0.2) is 6.29 Å². The van der Waals surface area contributed by atoms with Crippen LogP contribution in [-0.2, 0) is 13.0 Å². The van der Waals surface area contributed by atoms with E-state index in [1.165, 1.54) is 12.8 Å². The van der Waals surface area contributed by atoms with E-state index in [-0.39, 0.29) is 0 Å². The lowest BCUT2D eigenvalue weighted by molar-refractivity contribution is 0.112. The van der Waals surface area contributed by atoms with Crippen LogP contribution in [0.1, 0.15) is 29.0 Å². The third-order valence-electron chi connectivity index (χ3n) is 3.27. The van der Waals surface area contributed by atoms with Gasteiger partial charge in [0.2, 0.25) is 0 Å². The summed E-state index contributed by atoms with van der Waals surface area (Å²) in [6.07, 6.45) is 6.44. The molecule has 0 saturated carbocycles. The smallest absolute Gasteiger partial charge is 0.150 e. The summed E-state index contributed by atoms with van der Waals surface area (Å²) in [6.45, 7) is 1.05. The average molecular weight is 226 g/mol. The summed E-state index contributed by atoms with van der Waals surface area (Å²) in [7, 11) is 0. The Morgan fingerprint density at radius 1 is 1.24 bits per heavy atom. The quantitative estimate of drug-likeness (QED) is 0.738. The molecule has 1 aromatic carbocycles. The molecular weight excluding hydrogens is 212 g/mol. The summed E-state index contributed by atoms with van der Waals surface area (Å²) in [6, 6.07) is 7.61. The van der Waals surface area contributed by atoms with Crippen LogP contribution in [0.2, 0.25) is 0 Å². The molecule has 3 heteroatoms. The van der Waals surface area contributed by atoms with Gasteiger partial charge >= 0.3 is 0 Å². The highest BCUT2D eigenvalue weighted by atomic mass is 16.1. The molecule has 0 spiro atoms. The van der Waals surface area contributed by atoms with Crippen molar-refractivity contribution in [1.82, 2.24) is 9.55 Å². The minimum atomic E-state index is 0.711. The van der Waals surface area contributed by atoms with Gasteiger partial charge in [-0.3, -0.25) is 4.79 Å². The van der Waals surface area contributed by atoms with Crippen LogP contribution in [0.3, 0.4) is 0 Å². The van der Waals surface area contributed by atoms with Crippen molar-refractivity contribution in [2.45, 2.75) is 25.8 Å². The number of aryl methyl sites for hydroxylation is 2. The van der Waals surface area contributed by atoms with E-state index in [0.717, 1.165) is 36.3 Å². The molecule has 17 heavy (non-hydrogen) atoms. The molecule has 86 valence electrons. The van der Waals surface area contributed by atoms with Crippen LogP contribution in [0, 0.1) is 0 Å². The Morgan fingerprint density at radius 2 is 2.12 bits per heavy atom. The fourth-order valence-electron chi connectivity index (χ4n) is 2.38. The van der Waals surface area contributed by atoms with Crippen LogP contribution in [0.25, 0.3) is 11.3 Å². The first-order valence-electron chi connectivity index (χ1n) is 5.99. The zero-order valence-corrected chi connectivity index (χ0v) is 9.60. The Kier molecular flexibility index (Phi) is 2.52. The molecule has 0 radical (unpaired) electrons. The number of hydrogen-bond donors (Lipinski definition) is 0. The molecule has 2 aromatic rings. The molecule has 1 aliphatic rings. The average Bonchev–Trinajstić information content (AvgIpc) is 2.82. The van der Waals surface area contributed by atoms with Crippen LogP contribution >= 0.6 is 0 Å². The Labute approximate surface area is 100 Å². The summed E-state index contributed by atoms with van der Waals surface area (Å²) in [4.78, 5) is 15.6. The van der Waals surface area contributed by atoms with Gasteiger partial charge in [-0.15, -0.1) is 0 Å². The summed E-state index contributed by atoms with van der Waals surface area (Å²) in [5.74, 6) is 1.15. The second kappa shape index (κ2) is 4.17. The fourth-order valence-corrected chi connectivity index (χ4v) is 2.38. The number of carbonyl (C=O) groups excluding carboxylic acids is 1. The van der Waals surface area contributed by atoms with E-state index in [2.05, 4.69) is 15.7 Å². The maximum Gasteiger partial charge on any atom is 0.150 e. The third-order valence-corrected chi connectivity index (χ3v) is 3.27. The van der Waals surface area contributed by atoms with Crippen LogP contribution in [0.15, 0.2) is 30.5 Å². The highest BCUT2D eigenvalue weighted by Crippen LogP contribution is 2.24. The SMILES string of the molecule is O=Cc1ccccc1-c1cn2c(n1)CCCC2. The monoisotopic (exact) mass is 226 g/mol. The van der Waals surface area contributed by atoms with Crippen molar-refractivity contribution >= 4 is 6.29 Å². The summed E-state index contributed by atoms with van der Waals surface area (Å²) < 4.78 is 2.21. The van der Waals surface area contributed by atoms with Crippen molar-refractivity contribution in [3.05, 3.63) is 41.9 Å². The normalized spacial score (nSPS) is 14.4. The van der Waals surface area contributed by atoms with Gasteiger partial charge in [0.25, 0.3) is 0 Å². The summed E-state index contributed by atoms with van der Waals surface area (Å²) in [5, 5.41) is 0. The van der Waals surface area contributed by atoms with Gasteiger partial charge < -0.3 is 4.57 Å². The summed E-state index contributed by atoms with van der Waals surface area (Å²) >= 11 is 0. The molecule has 2 heterocycles. The second-order valence-corrected chi connectivity index (χ2v) is 4.40. The predicted octanol–water partition coefficient (Wildman–Crippen LogP) is 2.70. The van der Waals surface area contributed by atoms with Crippen LogP contribution < -0.4 is 0 Å². The number of nitrogens with zero attached hydrogens (tertiary/aromatic N) is 2. The van der Waals surface area contributed by atoms with E-state index >= 15 is 0 Å². The molecule has 3 rings (SSSR count). The first-order chi connectivity index (χ1) is 8.38. The molecule has 0 bridgehead atoms. The number of aldehydes is 1. The molecule has 1 aromatic heterocycles. The molecule has 0 atom stereocenters. The minimum Gasteiger partial charge on any atom is -0.334 e. The van der Waals surface area contributed by atoms with Crippen LogP contribution in [-0.4, -0.2) is 15.8 Å². The standard InChI is InChI=1S/C14H14N2O/c17-10-11-5-1-2-6-12(11)13-9-16-8-4-3-7-14(16)15-13/h1-2,5-6,9-10H,3-4,7-8H2. The van der Waals surface area contributed by atoms with E-state index in [4.69, 9.17) is 0 Å². The van der Waals surface area contributed by atoms with E-state index in [1.807, 2.05) is 24.3 Å². The Hall–Kier alpha value is -1.90. The molecule has 0 N–H and O–H groups in total. The van der Waals surface area contributed by atoms with Crippen molar-refractivity contribution in [3.63, 3.8) is 0 Å². The number of rotatable bonds is 2. The molecule has 0 amide bonds.